The molecule has 2 heterocycles. The Labute approximate surface area is 185 Å². The van der Waals surface area contributed by atoms with Gasteiger partial charge in [0.2, 0.25) is 27.6 Å². The molecule has 1 aliphatic carbocycles. The summed E-state index contributed by atoms with van der Waals surface area (Å²) in [7, 11) is -3.86. The highest BCUT2D eigenvalue weighted by Gasteiger charge is 2.25. The zero-order chi connectivity index (χ0) is 22.0. The maximum absolute atomic E-state index is 12.8. The number of nitrogens with zero attached hydrogens (tertiary/aromatic N) is 2. The van der Waals surface area contributed by atoms with Crippen molar-refractivity contribution in [3.8, 4) is 10.7 Å². The van der Waals surface area contributed by atoms with E-state index < -0.39 is 10.0 Å². The third kappa shape index (κ3) is 4.70. The molecule has 164 valence electrons. The second-order valence-corrected chi connectivity index (χ2v) is 10.4. The molecule has 8 nitrogen and oxygen atoms in total. The number of nitrogens with one attached hydrogen (secondary N) is 2. The van der Waals surface area contributed by atoms with Gasteiger partial charge in [-0.2, -0.15) is 4.98 Å². The number of benzene rings is 1. The molecule has 0 bridgehead atoms. The van der Waals surface area contributed by atoms with E-state index in [0.717, 1.165) is 24.8 Å². The number of aryl methyl sites for hydroxylation is 3. The number of sulfonamides is 1. The lowest BCUT2D eigenvalue weighted by Crippen LogP contribution is -2.39. The topological polar surface area (TPSA) is 114 Å². The van der Waals surface area contributed by atoms with Crippen LogP contribution in [-0.4, -0.2) is 31.0 Å². The van der Waals surface area contributed by atoms with Crippen molar-refractivity contribution >= 4 is 27.3 Å². The largest absolute Gasteiger partial charge is 0.348 e. The number of carbonyl (C=O) groups is 1. The van der Waals surface area contributed by atoms with Crippen LogP contribution < -0.4 is 10.0 Å². The maximum Gasteiger partial charge on any atom is 0.242 e. The van der Waals surface area contributed by atoms with Crippen LogP contribution in [0, 0.1) is 6.92 Å². The second kappa shape index (κ2) is 8.89. The van der Waals surface area contributed by atoms with Crippen LogP contribution in [0.2, 0.25) is 0 Å². The molecule has 0 saturated heterocycles. The minimum atomic E-state index is -3.86. The highest BCUT2D eigenvalue weighted by molar-refractivity contribution is 7.89. The Kier molecular flexibility index (Phi) is 6.22. The Hall–Kier alpha value is -2.56. The van der Waals surface area contributed by atoms with Crippen molar-refractivity contribution in [1.82, 2.24) is 20.2 Å². The summed E-state index contributed by atoms with van der Waals surface area (Å²) in [5.74, 6) is 0.494. The number of amides is 1. The number of hydrogen-bond acceptors (Lipinski definition) is 7. The molecule has 1 unspecified atom stereocenters. The molecule has 10 heteroatoms. The number of carbonyl (C=O) groups excluding carboxylic acids is 1. The van der Waals surface area contributed by atoms with E-state index in [2.05, 4.69) is 26.2 Å². The third-order valence-electron chi connectivity index (χ3n) is 5.28. The summed E-state index contributed by atoms with van der Waals surface area (Å²) in [6.07, 6.45) is 3.42. The minimum absolute atomic E-state index is 0.0950. The second-order valence-electron chi connectivity index (χ2n) is 7.43. The number of thiophene rings is 1. The summed E-state index contributed by atoms with van der Waals surface area (Å²) in [5, 5.41) is 6.85. The monoisotopic (exact) mass is 460 g/mol. The first-order valence-corrected chi connectivity index (χ1v) is 12.5. The average Bonchev–Trinajstić information content (AvgIpc) is 3.39. The summed E-state index contributed by atoms with van der Waals surface area (Å²) in [4.78, 5) is 18.0. The van der Waals surface area contributed by atoms with E-state index in [1.807, 2.05) is 25.1 Å². The van der Waals surface area contributed by atoms with Gasteiger partial charge < -0.3 is 9.84 Å². The first-order valence-electron chi connectivity index (χ1n) is 10.2. The smallest absolute Gasteiger partial charge is 0.242 e. The van der Waals surface area contributed by atoms with Crippen LogP contribution in [0.4, 0.5) is 0 Å². The molecule has 2 aromatic heterocycles. The fraction of sp³-hybridized carbons (Fsp3) is 0.381. The summed E-state index contributed by atoms with van der Waals surface area (Å²) < 4.78 is 33.1. The van der Waals surface area contributed by atoms with Gasteiger partial charge in [0, 0.05) is 11.3 Å². The van der Waals surface area contributed by atoms with Gasteiger partial charge in [-0.3, -0.25) is 4.79 Å². The van der Waals surface area contributed by atoms with Crippen molar-refractivity contribution < 1.29 is 17.7 Å². The average molecular weight is 461 g/mol. The van der Waals surface area contributed by atoms with Crippen LogP contribution in [0.5, 0.6) is 0 Å². The first kappa shape index (κ1) is 21.7. The third-order valence-corrected chi connectivity index (χ3v) is 7.98. The number of rotatable bonds is 7. The molecule has 1 aromatic carbocycles. The van der Waals surface area contributed by atoms with Crippen LogP contribution in [0.1, 0.15) is 47.7 Å². The van der Waals surface area contributed by atoms with Gasteiger partial charge in [-0.05, 0) is 43.4 Å². The minimum Gasteiger partial charge on any atom is -0.348 e. The summed E-state index contributed by atoms with van der Waals surface area (Å²) in [5.41, 5.74) is 2.34. The van der Waals surface area contributed by atoms with Crippen LogP contribution in [0.15, 0.2) is 39.8 Å². The molecule has 2 N–H and O–H groups in total. The Bertz CT molecular complexity index is 1200. The number of fused-ring (bicyclic) bond motifs is 1. The molecule has 0 aliphatic heterocycles. The summed E-state index contributed by atoms with van der Waals surface area (Å²) >= 11 is 1.27. The lowest BCUT2D eigenvalue weighted by atomic mass is 9.88. The van der Waals surface area contributed by atoms with Gasteiger partial charge in [-0.15, -0.1) is 11.3 Å². The Morgan fingerprint density at radius 1 is 1.32 bits per heavy atom. The summed E-state index contributed by atoms with van der Waals surface area (Å²) in [6.45, 7) is 3.28. The SMILES string of the molecule is CCc1nc(-c2cc(S(=O)(=O)NCC(=O)NC3CCCc4ccccc43)c(C)s2)no1. The molecule has 0 saturated carbocycles. The zero-order valence-electron chi connectivity index (χ0n) is 17.3. The van der Waals surface area contributed by atoms with Gasteiger partial charge in [-0.1, -0.05) is 36.3 Å². The van der Waals surface area contributed by atoms with Crippen LogP contribution in [0.3, 0.4) is 0 Å². The van der Waals surface area contributed by atoms with E-state index in [-0.39, 0.29) is 23.4 Å². The van der Waals surface area contributed by atoms with Crippen molar-refractivity contribution in [2.24, 2.45) is 0 Å². The van der Waals surface area contributed by atoms with Crippen molar-refractivity contribution in [2.75, 3.05) is 6.54 Å². The molecule has 31 heavy (non-hydrogen) atoms. The Morgan fingerprint density at radius 3 is 2.90 bits per heavy atom. The molecule has 0 fully saturated rings. The predicted octanol–water partition coefficient (Wildman–Crippen LogP) is 3.14. The Morgan fingerprint density at radius 2 is 2.13 bits per heavy atom. The van der Waals surface area contributed by atoms with E-state index in [0.29, 0.717) is 27.9 Å². The summed E-state index contributed by atoms with van der Waals surface area (Å²) in [6, 6.07) is 9.45. The van der Waals surface area contributed by atoms with E-state index in [1.54, 1.807) is 6.92 Å². The molecule has 0 spiro atoms. The van der Waals surface area contributed by atoms with Crippen molar-refractivity contribution in [3.05, 3.63) is 52.2 Å². The van der Waals surface area contributed by atoms with E-state index >= 15 is 0 Å². The van der Waals surface area contributed by atoms with E-state index in [9.17, 15) is 13.2 Å². The number of aromatic nitrogens is 2. The maximum atomic E-state index is 12.8. The molecule has 4 rings (SSSR count). The molecule has 3 aromatic rings. The quantitative estimate of drug-likeness (QED) is 0.560. The highest BCUT2D eigenvalue weighted by atomic mass is 32.2. The first-order chi connectivity index (χ1) is 14.9. The Balaban J connectivity index is 1.42. The van der Waals surface area contributed by atoms with Gasteiger partial charge in [-0.25, -0.2) is 13.1 Å². The number of hydrogen-bond donors (Lipinski definition) is 2. The fourth-order valence-electron chi connectivity index (χ4n) is 3.73. The fourth-order valence-corrected chi connectivity index (χ4v) is 6.23. The molecule has 1 atom stereocenters. The lowest BCUT2D eigenvalue weighted by molar-refractivity contribution is -0.120. The van der Waals surface area contributed by atoms with Crippen LogP contribution >= 0.6 is 11.3 Å². The normalized spacial score (nSPS) is 16.1. The molecule has 1 aliphatic rings. The highest BCUT2D eigenvalue weighted by Crippen LogP contribution is 2.32. The van der Waals surface area contributed by atoms with E-state index in [1.165, 1.54) is 23.0 Å². The van der Waals surface area contributed by atoms with Gasteiger partial charge in [0.15, 0.2) is 0 Å². The standard InChI is InChI=1S/C21H24N4O4S2/c1-3-20-24-21(25-29-20)17-11-18(13(2)30-17)31(27,28)22-12-19(26)23-16-10-6-8-14-7-4-5-9-15(14)16/h4-5,7,9,11,16,22H,3,6,8,10,12H2,1-2H3,(H,23,26). The lowest BCUT2D eigenvalue weighted by Gasteiger charge is -2.26. The molecule has 0 radical (unpaired) electrons. The molecular weight excluding hydrogens is 436 g/mol. The molecular formula is C21H24N4O4S2. The molecule has 1 amide bonds. The zero-order valence-corrected chi connectivity index (χ0v) is 19.0. The van der Waals surface area contributed by atoms with Crippen molar-refractivity contribution in [2.45, 2.75) is 50.5 Å². The van der Waals surface area contributed by atoms with Crippen molar-refractivity contribution in [3.63, 3.8) is 0 Å². The van der Waals surface area contributed by atoms with Gasteiger partial charge in [0.25, 0.3) is 0 Å². The van der Waals surface area contributed by atoms with Gasteiger partial charge >= 0.3 is 0 Å². The predicted molar refractivity (Wildman–Crippen MR) is 117 cm³/mol. The van der Waals surface area contributed by atoms with Crippen LogP contribution in [0.25, 0.3) is 10.7 Å². The van der Waals surface area contributed by atoms with Crippen molar-refractivity contribution in [1.29, 1.82) is 0 Å². The van der Waals surface area contributed by atoms with Crippen LogP contribution in [-0.2, 0) is 27.7 Å². The van der Waals surface area contributed by atoms with E-state index in [4.69, 9.17) is 4.52 Å². The van der Waals surface area contributed by atoms with Gasteiger partial charge in [0.05, 0.1) is 22.4 Å². The van der Waals surface area contributed by atoms with Gasteiger partial charge in [0.1, 0.15) is 0 Å².